The van der Waals surface area contributed by atoms with Gasteiger partial charge in [0.1, 0.15) is 22.8 Å². The van der Waals surface area contributed by atoms with Crippen LogP contribution < -0.4 is 14.4 Å². The van der Waals surface area contributed by atoms with Gasteiger partial charge in [-0.25, -0.2) is 13.8 Å². The largest absolute Gasteiger partial charge is 0.497 e. The number of aromatic nitrogens is 1. The number of nitrogens with zero attached hydrogens (tertiary/aromatic N) is 3. The first kappa shape index (κ1) is 24.8. The number of benzene rings is 2. The molecular formula is C21H24ClF2N3O3S. The molecule has 31 heavy (non-hydrogen) atoms. The summed E-state index contributed by atoms with van der Waals surface area (Å²) in [7, 11) is 5.42. The van der Waals surface area contributed by atoms with Gasteiger partial charge in [-0.1, -0.05) is 17.4 Å². The summed E-state index contributed by atoms with van der Waals surface area (Å²) in [5, 5.41) is 0.312. The van der Waals surface area contributed by atoms with Gasteiger partial charge in [0.2, 0.25) is 0 Å². The molecule has 3 aromatic rings. The zero-order valence-electron chi connectivity index (χ0n) is 17.4. The maximum Gasteiger partial charge on any atom is 0.266 e. The monoisotopic (exact) mass is 471 g/mol. The van der Waals surface area contributed by atoms with Crippen molar-refractivity contribution in [3.63, 3.8) is 0 Å². The molecule has 0 radical (unpaired) electrons. The quantitative estimate of drug-likeness (QED) is 0.464. The lowest BCUT2D eigenvalue weighted by atomic mass is 10.3. The van der Waals surface area contributed by atoms with Crippen LogP contribution in [0.3, 0.4) is 0 Å². The molecule has 0 fully saturated rings. The second kappa shape index (κ2) is 11.2. The fourth-order valence-corrected chi connectivity index (χ4v) is 3.90. The fourth-order valence-electron chi connectivity index (χ4n) is 2.85. The predicted octanol–water partition coefficient (Wildman–Crippen LogP) is 4.37. The smallest absolute Gasteiger partial charge is 0.266 e. The summed E-state index contributed by atoms with van der Waals surface area (Å²) < 4.78 is 38.8. The molecule has 6 nitrogen and oxygen atoms in total. The molecule has 1 heterocycles. The molecule has 1 aromatic heterocycles. The van der Waals surface area contributed by atoms with Crippen LogP contribution in [0.5, 0.6) is 11.5 Å². The van der Waals surface area contributed by atoms with E-state index in [1.54, 1.807) is 31.4 Å². The average molecular weight is 472 g/mol. The molecule has 0 spiro atoms. The zero-order valence-corrected chi connectivity index (χ0v) is 19.1. The van der Waals surface area contributed by atoms with Gasteiger partial charge in [-0.15, -0.1) is 12.4 Å². The van der Waals surface area contributed by atoms with Crippen molar-refractivity contribution in [3.8, 4) is 11.5 Å². The van der Waals surface area contributed by atoms with Crippen LogP contribution in [0.4, 0.5) is 13.9 Å². The molecule has 0 aliphatic heterocycles. The third-order valence-corrected chi connectivity index (χ3v) is 5.35. The molecule has 0 N–H and O–H groups in total. The molecule has 0 saturated heterocycles. The molecule has 10 heteroatoms. The van der Waals surface area contributed by atoms with Gasteiger partial charge in [-0.2, -0.15) is 0 Å². The Labute approximate surface area is 189 Å². The third-order valence-electron chi connectivity index (χ3n) is 4.32. The summed E-state index contributed by atoms with van der Waals surface area (Å²) in [4.78, 5) is 20.6. The minimum atomic E-state index is -0.749. The van der Waals surface area contributed by atoms with Crippen LogP contribution >= 0.6 is 23.7 Å². The van der Waals surface area contributed by atoms with Gasteiger partial charge in [0.05, 0.1) is 11.8 Å². The molecule has 0 unspecified atom stereocenters. The van der Waals surface area contributed by atoms with Crippen molar-refractivity contribution in [1.82, 2.24) is 9.88 Å². The number of amides is 1. The van der Waals surface area contributed by atoms with E-state index in [2.05, 4.69) is 4.98 Å². The molecule has 1 amide bonds. The molecule has 168 valence electrons. The summed E-state index contributed by atoms with van der Waals surface area (Å²) in [5.41, 5.74) is 0.0514. The first-order valence-corrected chi connectivity index (χ1v) is 10.2. The van der Waals surface area contributed by atoms with Crippen molar-refractivity contribution in [1.29, 1.82) is 0 Å². The maximum absolute atomic E-state index is 14.1. The number of hydrogen-bond acceptors (Lipinski definition) is 6. The number of ether oxygens (including phenoxy) is 2. The number of halogens is 3. The van der Waals surface area contributed by atoms with E-state index in [-0.39, 0.29) is 30.4 Å². The van der Waals surface area contributed by atoms with Crippen LogP contribution in [-0.4, -0.2) is 56.7 Å². The van der Waals surface area contributed by atoms with E-state index in [0.29, 0.717) is 34.3 Å². The predicted molar refractivity (Wildman–Crippen MR) is 121 cm³/mol. The van der Waals surface area contributed by atoms with E-state index in [1.807, 2.05) is 19.0 Å². The van der Waals surface area contributed by atoms with Gasteiger partial charge in [-0.3, -0.25) is 9.69 Å². The molecule has 0 atom stereocenters. The highest BCUT2D eigenvalue weighted by molar-refractivity contribution is 7.22. The summed E-state index contributed by atoms with van der Waals surface area (Å²) in [6.07, 6.45) is 0.685. The van der Waals surface area contributed by atoms with Gasteiger partial charge in [0.15, 0.2) is 17.6 Å². The Morgan fingerprint density at radius 2 is 1.87 bits per heavy atom. The van der Waals surface area contributed by atoms with Gasteiger partial charge in [0, 0.05) is 18.7 Å². The van der Waals surface area contributed by atoms with Crippen LogP contribution in [0.25, 0.3) is 10.2 Å². The number of carbonyl (C=O) groups excluding carboxylic acids is 1. The SMILES string of the molecule is COc1cccc(OCC(=O)N(CCCN(C)C)c2nc3c(F)cc(F)cc3s2)c1.Cl. The number of thiazole rings is 1. The highest BCUT2D eigenvalue weighted by atomic mass is 35.5. The highest BCUT2D eigenvalue weighted by Crippen LogP contribution is 2.31. The van der Waals surface area contributed by atoms with Crippen LogP contribution in [0.15, 0.2) is 36.4 Å². The van der Waals surface area contributed by atoms with E-state index >= 15 is 0 Å². The van der Waals surface area contributed by atoms with Crippen molar-refractivity contribution in [2.24, 2.45) is 0 Å². The van der Waals surface area contributed by atoms with Crippen molar-refractivity contribution in [3.05, 3.63) is 48.0 Å². The van der Waals surface area contributed by atoms with Crippen LogP contribution in [0.2, 0.25) is 0 Å². The van der Waals surface area contributed by atoms with E-state index in [0.717, 1.165) is 23.9 Å². The van der Waals surface area contributed by atoms with E-state index in [4.69, 9.17) is 9.47 Å². The van der Waals surface area contributed by atoms with Crippen LogP contribution in [0.1, 0.15) is 6.42 Å². The number of anilines is 1. The Morgan fingerprint density at radius 3 is 2.58 bits per heavy atom. The molecule has 0 aliphatic rings. The molecular weight excluding hydrogens is 448 g/mol. The molecule has 0 saturated carbocycles. The maximum atomic E-state index is 14.1. The summed E-state index contributed by atoms with van der Waals surface area (Å²) in [6.45, 7) is 0.915. The first-order valence-electron chi connectivity index (χ1n) is 9.35. The lowest BCUT2D eigenvalue weighted by Crippen LogP contribution is -2.36. The second-order valence-electron chi connectivity index (χ2n) is 6.90. The normalized spacial score (nSPS) is 10.8. The third kappa shape index (κ3) is 6.49. The van der Waals surface area contributed by atoms with Crippen molar-refractivity contribution < 1.29 is 23.0 Å². The van der Waals surface area contributed by atoms with Crippen molar-refractivity contribution in [2.75, 3.05) is 45.8 Å². The Morgan fingerprint density at radius 1 is 1.13 bits per heavy atom. The number of carbonyl (C=O) groups is 1. The average Bonchev–Trinajstić information content (AvgIpc) is 3.13. The standard InChI is InChI=1S/C21H23F2N3O3S.ClH/c1-25(2)8-5-9-26(19(27)13-29-16-7-4-6-15(12-16)28-3)21-24-20-17(23)10-14(22)11-18(20)30-21;/h4,6-7,10-12H,5,8-9,13H2,1-3H3;1H. The van der Waals surface area contributed by atoms with Gasteiger partial charge in [-0.05, 0) is 45.3 Å². The van der Waals surface area contributed by atoms with Gasteiger partial charge in [0.25, 0.3) is 5.91 Å². The lowest BCUT2D eigenvalue weighted by molar-refractivity contribution is -0.120. The number of fused-ring (bicyclic) bond motifs is 1. The highest BCUT2D eigenvalue weighted by Gasteiger charge is 2.22. The van der Waals surface area contributed by atoms with E-state index in [9.17, 15) is 13.6 Å². The topological polar surface area (TPSA) is 54.9 Å². The summed E-state index contributed by atoms with van der Waals surface area (Å²) in [6, 6.07) is 8.95. The van der Waals surface area contributed by atoms with Crippen molar-refractivity contribution >= 4 is 45.0 Å². The second-order valence-corrected chi connectivity index (χ2v) is 7.91. The lowest BCUT2D eigenvalue weighted by Gasteiger charge is -2.21. The zero-order chi connectivity index (χ0) is 21.7. The summed E-state index contributed by atoms with van der Waals surface area (Å²) >= 11 is 1.07. The van der Waals surface area contributed by atoms with Crippen LogP contribution in [-0.2, 0) is 4.79 Å². The molecule has 0 bridgehead atoms. The van der Waals surface area contributed by atoms with E-state index in [1.165, 1.54) is 11.0 Å². The van der Waals surface area contributed by atoms with Gasteiger partial charge < -0.3 is 14.4 Å². The minimum absolute atomic E-state index is 0. The number of hydrogen-bond donors (Lipinski definition) is 0. The van der Waals surface area contributed by atoms with E-state index < -0.39 is 11.6 Å². The van der Waals surface area contributed by atoms with Crippen LogP contribution in [0, 0.1) is 11.6 Å². The Hall–Kier alpha value is -2.49. The van der Waals surface area contributed by atoms with Gasteiger partial charge >= 0.3 is 0 Å². The fraction of sp³-hybridized carbons (Fsp3) is 0.333. The first-order chi connectivity index (χ1) is 14.4. The minimum Gasteiger partial charge on any atom is -0.497 e. The van der Waals surface area contributed by atoms with Crippen molar-refractivity contribution in [2.45, 2.75) is 6.42 Å². The summed E-state index contributed by atoms with van der Waals surface area (Å²) in [5.74, 6) is -0.640. The Balaban J connectivity index is 0.00000341. The number of methoxy groups -OCH3 is 1. The Bertz CT molecular complexity index is 1030. The Kier molecular flexibility index (Phi) is 8.97. The molecule has 3 rings (SSSR count). The number of rotatable bonds is 9. The molecule has 2 aromatic carbocycles. The molecule has 0 aliphatic carbocycles.